The van der Waals surface area contributed by atoms with E-state index in [-0.39, 0.29) is 0 Å². The van der Waals surface area contributed by atoms with E-state index in [4.69, 9.17) is 0 Å². The zero-order chi connectivity index (χ0) is 11.5. The monoisotopic (exact) mass is 218 g/mol. The molecule has 0 bridgehead atoms. The smallest absolute Gasteiger partial charge is 0.0397 e. The van der Waals surface area contributed by atoms with Gasteiger partial charge in [0, 0.05) is 30.5 Å². The van der Waals surface area contributed by atoms with Gasteiger partial charge in [-0.2, -0.15) is 0 Å². The number of nitrogens with zero attached hydrogens (tertiary/aromatic N) is 1. The van der Waals surface area contributed by atoms with Crippen molar-refractivity contribution in [2.24, 2.45) is 0 Å². The van der Waals surface area contributed by atoms with Crippen LogP contribution in [0.1, 0.15) is 32.3 Å². The van der Waals surface area contributed by atoms with Crippen LogP contribution in [0.3, 0.4) is 0 Å². The molecule has 0 amide bonds. The Morgan fingerprint density at radius 2 is 1.88 bits per heavy atom. The fraction of sp³-hybridized carbons (Fsp3) is 0.571. The number of aryl methyl sites for hydroxylation is 1. The highest BCUT2D eigenvalue weighted by atomic mass is 15.1. The van der Waals surface area contributed by atoms with Gasteiger partial charge in [-0.1, -0.05) is 0 Å². The van der Waals surface area contributed by atoms with Crippen molar-refractivity contribution in [3.63, 3.8) is 0 Å². The second-order valence-electron chi connectivity index (χ2n) is 4.99. The summed E-state index contributed by atoms with van der Waals surface area (Å²) in [6.07, 6.45) is 2.68. The van der Waals surface area contributed by atoms with Crippen molar-refractivity contribution in [3.05, 3.63) is 23.8 Å². The molecule has 1 fully saturated rings. The molecular formula is C14H22N2. The molecule has 1 N–H and O–H groups in total. The minimum atomic E-state index is 0.497. The highest BCUT2D eigenvalue weighted by Crippen LogP contribution is 2.26. The minimum absolute atomic E-state index is 0.497. The van der Waals surface area contributed by atoms with E-state index in [1.807, 2.05) is 0 Å². The topological polar surface area (TPSA) is 15.3 Å². The normalized spacial score (nSPS) is 15.9. The van der Waals surface area contributed by atoms with Gasteiger partial charge in [-0.3, -0.25) is 0 Å². The van der Waals surface area contributed by atoms with E-state index in [0.29, 0.717) is 6.04 Å². The SMILES string of the molecule is Cc1cc(NC(C)C)ccc1N1CCCC1. The molecule has 1 aromatic rings. The Balaban J connectivity index is 2.15. The van der Waals surface area contributed by atoms with Crippen molar-refractivity contribution in [1.29, 1.82) is 0 Å². The molecular weight excluding hydrogens is 196 g/mol. The fourth-order valence-corrected chi connectivity index (χ4v) is 2.39. The highest BCUT2D eigenvalue weighted by molar-refractivity contribution is 5.61. The molecule has 2 heteroatoms. The molecule has 2 nitrogen and oxygen atoms in total. The average Bonchev–Trinajstić information content (AvgIpc) is 2.69. The van der Waals surface area contributed by atoms with E-state index < -0.39 is 0 Å². The van der Waals surface area contributed by atoms with Gasteiger partial charge < -0.3 is 10.2 Å². The van der Waals surface area contributed by atoms with Crippen LogP contribution in [-0.2, 0) is 0 Å². The van der Waals surface area contributed by atoms with Gasteiger partial charge in [0.05, 0.1) is 0 Å². The summed E-state index contributed by atoms with van der Waals surface area (Å²) in [7, 11) is 0. The summed E-state index contributed by atoms with van der Waals surface area (Å²) in [5, 5.41) is 3.44. The zero-order valence-corrected chi connectivity index (χ0v) is 10.6. The lowest BCUT2D eigenvalue weighted by Gasteiger charge is -2.21. The molecule has 2 rings (SSSR count). The van der Waals surface area contributed by atoms with Crippen LogP contribution < -0.4 is 10.2 Å². The lowest BCUT2D eigenvalue weighted by atomic mass is 10.1. The minimum Gasteiger partial charge on any atom is -0.383 e. The summed E-state index contributed by atoms with van der Waals surface area (Å²) < 4.78 is 0. The molecule has 0 unspecified atom stereocenters. The third kappa shape index (κ3) is 2.49. The molecule has 1 aliphatic rings. The van der Waals surface area contributed by atoms with Crippen molar-refractivity contribution in [3.8, 4) is 0 Å². The Morgan fingerprint density at radius 1 is 1.19 bits per heavy atom. The van der Waals surface area contributed by atoms with Crippen molar-refractivity contribution in [2.45, 2.75) is 39.7 Å². The number of hydrogen-bond acceptors (Lipinski definition) is 2. The Bertz CT molecular complexity index is 352. The maximum Gasteiger partial charge on any atom is 0.0397 e. The molecule has 0 saturated carbocycles. The van der Waals surface area contributed by atoms with Gasteiger partial charge >= 0.3 is 0 Å². The summed E-state index contributed by atoms with van der Waals surface area (Å²) >= 11 is 0. The van der Waals surface area contributed by atoms with Crippen molar-refractivity contribution in [2.75, 3.05) is 23.3 Å². The Morgan fingerprint density at radius 3 is 2.44 bits per heavy atom. The van der Waals surface area contributed by atoms with Crippen LogP contribution in [0.15, 0.2) is 18.2 Å². The summed E-state index contributed by atoms with van der Waals surface area (Å²) in [6, 6.07) is 7.21. The summed E-state index contributed by atoms with van der Waals surface area (Å²) in [4.78, 5) is 2.49. The standard InChI is InChI=1S/C14H22N2/c1-11(2)15-13-6-7-14(12(3)10-13)16-8-4-5-9-16/h6-7,10-11,15H,4-5,8-9H2,1-3H3. The van der Waals surface area contributed by atoms with Gasteiger partial charge in [-0.15, -0.1) is 0 Å². The van der Waals surface area contributed by atoms with Gasteiger partial charge in [0.2, 0.25) is 0 Å². The molecule has 1 aliphatic heterocycles. The van der Waals surface area contributed by atoms with Crippen molar-refractivity contribution in [1.82, 2.24) is 0 Å². The summed E-state index contributed by atoms with van der Waals surface area (Å²) in [5.74, 6) is 0. The van der Waals surface area contributed by atoms with Crippen LogP contribution in [0.2, 0.25) is 0 Å². The van der Waals surface area contributed by atoms with E-state index in [9.17, 15) is 0 Å². The molecule has 1 aromatic carbocycles. The Hall–Kier alpha value is -1.18. The first kappa shape index (κ1) is 11.3. The number of rotatable bonds is 3. The fourth-order valence-electron chi connectivity index (χ4n) is 2.39. The second kappa shape index (κ2) is 4.77. The third-order valence-electron chi connectivity index (χ3n) is 3.10. The van der Waals surface area contributed by atoms with Gasteiger partial charge in [-0.25, -0.2) is 0 Å². The van der Waals surface area contributed by atoms with Crippen LogP contribution in [-0.4, -0.2) is 19.1 Å². The molecule has 0 atom stereocenters. The Kier molecular flexibility index (Phi) is 3.37. The van der Waals surface area contributed by atoms with Crippen LogP contribution in [0, 0.1) is 6.92 Å². The Labute approximate surface area is 98.7 Å². The maximum atomic E-state index is 3.44. The molecule has 16 heavy (non-hydrogen) atoms. The number of benzene rings is 1. The van der Waals surface area contributed by atoms with Gasteiger partial charge in [0.1, 0.15) is 0 Å². The number of anilines is 2. The van der Waals surface area contributed by atoms with Crippen LogP contribution in [0.5, 0.6) is 0 Å². The first-order valence-electron chi connectivity index (χ1n) is 6.29. The van der Waals surface area contributed by atoms with Crippen molar-refractivity contribution < 1.29 is 0 Å². The molecule has 0 aromatic heterocycles. The number of nitrogens with one attached hydrogen (secondary N) is 1. The van der Waals surface area contributed by atoms with Crippen LogP contribution >= 0.6 is 0 Å². The predicted octanol–water partition coefficient (Wildman–Crippen LogP) is 3.42. The molecule has 0 aliphatic carbocycles. The van der Waals surface area contributed by atoms with E-state index >= 15 is 0 Å². The van der Waals surface area contributed by atoms with E-state index in [1.165, 1.54) is 42.9 Å². The first-order chi connectivity index (χ1) is 7.66. The second-order valence-corrected chi connectivity index (χ2v) is 4.99. The van der Waals surface area contributed by atoms with Gasteiger partial charge in [0.25, 0.3) is 0 Å². The van der Waals surface area contributed by atoms with Gasteiger partial charge in [-0.05, 0) is 57.4 Å². The van der Waals surface area contributed by atoms with E-state index in [2.05, 4.69) is 49.2 Å². The zero-order valence-electron chi connectivity index (χ0n) is 10.6. The quantitative estimate of drug-likeness (QED) is 0.836. The molecule has 0 spiro atoms. The van der Waals surface area contributed by atoms with E-state index in [1.54, 1.807) is 0 Å². The van der Waals surface area contributed by atoms with E-state index in [0.717, 1.165) is 0 Å². The lowest BCUT2D eigenvalue weighted by molar-refractivity contribution is 0.898. The highest BCUT2D eigenvalue weighted by Gasteiger charge is 2.14. The first-order valence-corrected chi connectivity index (χ1v) is 6.29. The third-order valence-corrected chi connectivity index (χ3v) is 3.10. The lowest BCUT2D eigenvalue weighted by Crippen LogP contribution is -2.19. The molecule has 88 valence electrons. The predicted molar refractivity (Wildman–Crippen MR) is 71.4 cm³/mol. The van der Waals surface area contributed by atoms with Crippen molar-refractivity contribution >= 4 is 11.4 Å². The molecule has 1 heterocycles. The number of hydrogen-bond donors (Lipinski definition) is 1. The average molecular weight is 218 g/mol. The summed E-state index contributed by atoms with van der Waals surface area (Å²) in [6.45, 7) is 8.99. The molecule has 0 radical (unpaired) electrons. The largest absolute Gasteiger partial charge is 0.383 e. The summed E-state index contributed by atoms with van der Waals surface area (Å²) in [5.41, 5.74) is 4.02. The molecule has 1 saturated heterocycles. The maximum absolute atomic E-state index is 3.44. The van der Waals surface area contributed by atoms with Crippen LogP contribution in [0.25, 0.3) is 0 Å². The van der Waals surface area contributed by atoms with Gasteiger partial charge in [0.15, 0.2) is 0 Å². The van der Waals surface area contributed by atoms with Crippen LogP contribution in [0.4, 0.5) is 11.4 Å².